The van der Waals surface area contributed by atoms with Crippen LogP contribution in [0.1, 0.15) is 19.8 Å². The van der Waals surface area contributed by atoms with Crippen LogP contribution in [0.3, 0.4) is 0 Å². The van der Waals surface area contributed by atoms with Gasteiger partial charge in [0.05, 0.1) is 12.1 Å². The van der Waals surface area contributed by atoms with E-state index in [1.54, 1.807) is 7.11 Å². The number of ether oxygens (including phenoxy) is 1. The Balaban J connectivity index is 4.16. The lowest BCUT2D eigenvalue weighted by molar-refractivity contribution is -0.145. The fourth-order valence-electron chi connectivity index (χ4n) is 1.23. The number of amides is 1. The number of carbonyl (C=O) groups is 2. The van der Waals surface area contributed by atoms with Gasteiger partial charge in [-0.2, -0.15) is 0 Å². The van der Waals surface area contributed by atoms with Crippen LogP contribution in [0.5, 0.6) is 0 Å². The van der Waals surface area contributed by atoms with Crippen LogP contribution in [0.25, 0.3) is 0 Å². The Labute approximate surface area is 99.9 Å². The van der Waals surface area contributed by atoms with Gasteiger partial charge in [0.1, 0.15) is 0 Å². The number of nitrogens with two attached hydrogens (primary N) is 1. The van der Waals surface area contributed by atoms with Crippen molar-refractivity contribution in [2.24, 2.45) is 5.73 Å². The van der Waals surface area contributed by atoms with E-state index in [1.165, 1.54) is 6.92 Å². The molecule has 0 bridgehead atoms. The minimum absolute atomic E-state index is 0.395. The van der Waals surface area contributed by atoms with Gasteiger partial charge in [0.25, 0.3) is 0 Å². The molecule has 17 heavy (non-hydrogen) atoms. The Bertz CT molecular complexity index is 257. The van der Waals surface area contributed by atoms with Crippen molar-refractivity contribution in [1.82, 2.24) is 5.32 Å². The van der Waals surface area contributed by atoms with Crippen LogP contribution in [-0.2, 0) is 14.3 Å². The highest BCUT2D eigenvalue weighted by atomic mass is 16.5. The van der Waals surface area contributed by atoms with E-state index in [1.807, 2.05) is 0 Å². The smallest absolute Gasteiger partial charge is 0.328 e. The number of aliphatic carboxylic acids is 1. The predicted molar refractivity (Wildman–Crippen MR) is 60.3 cm³/mol. The van der Waals surface area contributed by atoms with Crippen molar-refractivity contribution in [2.75, 3.05) is 13.7 Å². The van der Waals surface area contributed by atoms with Gasteiger partial charge >= 0.3 is 5.97 Å². The van der Waals surface area contributed by atoms with Crippen molar-refractivity contribution in [2.45, 2.75) is 38.0 Å². The summed E-state index contributed by atoms with van der Waals surface area (Å²) < 4.78 is 4.81. The van der Waals surface area contributed by atoms with E-state index in [4.69, 9.17) is 15.6 Å². The van der Waals surface area contributed by atoms with E-state index in [9.17, 15) is 14.7 Å². The third kappa shape index (κ3) is 6.20. The molecule has 0 saturated heterocycles. The second kappa shape index (κ2) is 7.99. The van der Waals surface area contributed by atoms with Gasteiger partial charge in [-0.05, 0) is 19.8 Å². The molecule has 7 nitrogen and oxygen atoms in total. The molecule has 0 saturated carbocycles. The SMILES string of the molecule is COCCCC(N)C(=O)NC(C(=O)O)C(C)O. The molecule has 0 fully saturated rings. The summed E-state index contributed by atoms with van der Waals surface area (Å²) >= 11 is 0. The summed E-state index contributed by atoms with van der Waals surface area (Å²) in [5.74, 6) is -1.88. The molecule has 0 heterocycles. The number of carboxylic acid groups (broad SMARTS) is 1. The van der Waals surface area contributed by atoms with Crippen molar-refractivity contribution in [3.8, 4) is 0 Å². The van der Waals surface area contributed by atoms with Crippen molar-refractivity contribution in [1.29, 1.82) is 0 Å². The van der Waals surface area contributed by atoms with Gasteiger partial charge < -0.3 is 26.0 Å². The molecule has 0 aliphatic carbocycles. The van der Waals surface area contributed by atoms with Gasteiger partial charge in [-0.25, -0.2) is 4.79 Å². The molecule has 1 amide bonds. The Morgan fingerprint density at radius 1 is 1.47 bits per heavy atom. The number of nitrogens with one attached hydrogen (secondary N) is 1. The molecule has 0 radical (unpaired) electrons. The van der Waals surface area contributed by atoms with Crippen molar-refractivity contribution in [3.05, 3.63) is 0 Å². The lowest BCUT2D eigenvalue weighted by Gasteiger charge is -2.19. The molecule has 0 rings (SSSR count). The summed E-state index contributed by atoms with van der Waals surface area (Å²) in [6.07, 6.45) is -0.175. The summed E-state index contributed by atoms with van der Waals surface area (Å²) in [4.78, 5) is 22.2. The Morgan fingerprint density at radius 3 is 2.47 bits per heavy atom. The first-order valence-electron chi connectivity index (χ1n) is 5.36. The average molecular weight is 248 g/mol. The zero-order chi connectivity index (χ0) is 13.4. The van der Waals surface area contributed by atoms with Gasteiger partial charge in [-0.3, -0.25) is 4.79 Å². The third-order valence-corrected chi connectivity index (χ3v) is 2.25. The Hall–Kier alpha value is -1.18. The largest absolute Gasteiger partial charge is 0.480 e. The van der Waals surface area contributed by atoms with Crippen molar-refractivity contribution >= 4 is 11.9 Å². The zero-order valence-corrected chi connectivity index (χ0v) is 10.0. The molecule has 0 aliphatic rings. The van der Waals surface area contributed by atoms with Gasteiger partial charge in [-0.1, -0.05) is 0 Å². The molecule has 5 N–H and O–H groups in total. The molecule has 0 aromatic carbocycles. The monoisotopic (exact) mass is 248 g/mol. The van der Waals surface area contributed by atoms with E-state index in [0.717, 1.165) is 0 Å². The normalized spacial score (nSPS) is 16.0. The van der Waals surface area contributed by atoms with E-state index < -0.39 is 30.1 Å². The lowest BCUT2D eigenvalue weighted by atomic mass is 10.1. The van der Waals surface area contributed by atoms with Crippen LogP contribution >= 0.6 is 0 Å². The Kier molecular flexibility index (Phi) is 7.44. The zero-order valence-electron chi connectivity index (χ0n) is 10.0. The van der Waals surface area contributed by atoms with Crippen molar-refractivity contribution in [3.63, 3.8) is 0 Å². The van der Waals surface area contributed by atoms with Crippen LogP contribution in [0.4, 0.5) is 0 Å². The molecular formula is C10H20N2O5. The second-order valence-electron chi connectivity index (χ2n) is 3.81. The molecular weight excluding hydrogens is 228 g/mol. The number of rotatable bonds is 8. The van der Waals surface area contributed by atoms with Crippen molar-refractivity contribution < 1.29 is 24.5 Å². The van der Waals surface area contributed by atoms with Crippen LogP contribution in [-0.4, -0.2) is 54.0 Å². The Morgan fingerprint density at radius 2 is 2.06 bits per heavy atom. The fourth-order valence-corrected chi connectivity index (χ4v) is 1.23. The number of hydrogen-bond donors (Lipinski definition) is 4. The highest BCUT2D eigenvalue weighted by Gasteiger charge is 2.26. The summed E-state index contributed by atoms with van der Waals surface area (Å²) in [5, 5.41) is 20.1. The quantitative estimate of drug-likeness (QED) is 0.396. The maximum absolute atomic E-state index is 11.5. The third-order valence-electron chi connectivity index (χ3n) is 2.25. The number of hydrogen-bond acceptors (Lipinski definition) is 5. The van der Waals surface area contributed by atoms with E-state index in [2.05, 4.69) is 5.32 Å². The lowest BCUT2D eigenvalue weighted by Crippen LogP contribution is -2.52. The summed E-state index contributed by atoms with van der Waals surface area (Å²) in [7, 11) is 1.54. The second-order valence-corrected chi connectivity index (χ2v) is 3.81. The molecule has 0 aromatic heterocycles. The molecule has 0 aliphatic heterocycles. The standard InChI is InChI=1S/C10H20N2O5/c1-6(13)8(10(15)16)12-9(14)7(11)4-3-5-17-2/h6-8,13H,3-5,11H2,1-2H3,(H,12,14)(H,15,16). The predicted octanol–water partition coefficient (Wildman–Crippen LogP) is -1.31. The number of aliphatic hydroxyl groups is 1. The highest BCUT2D eigenvalue weighted by molar-refractivity contribution is 5.87. The van der Waals surface area contributed by atoms with Crippen LogP contribution in [0.2, 0.25) is 0 Å². The minimum atomic E-state index is -1.34. The highest BCUT2D eigenvalue weighted by Crippen LogP contribution is 1.98. The van der Waals surface area contributed by atoms with Gasteiger partial charge in [-0.15, -0.1) is 0 Å². The minimum Gasteiger partial charge on any atom is -0.480 e. The maximum atomic E-state index is 11.5. The number of aliphatic hydroxyl groups excluding tert-OH is 1. The van der Waals surface area contributed by atoms with Gasteiger partial charge in [0.2, 0.25) is 5.91 Å². The summed E-state index contributed by atoms with van der Waals surface area (Å²) in [6, 6.07) is -2.14. The maximum Gasteiger partial charge on any atom is 0.328 e. The first kappa shape index (κ1) is 15.8. The topological polar surface area (TPSA) is 122 Å². The summed E-state index contributed by atoms with van der Waals surface area (Å²) in [6.45, 7) is 1.77. The molecule has 0 spiro atoms. The molecule has 3 unspecified atom stereocenters. The van der Waals surface area contributed by atoms with Crippen LogP contribution in [0.15, 0.2) is 0 Å². The van der Waals surface area contributed by atoms with Crippen LogP contribution < -0.4 is 11.1 Å². The number of methoxy groups -OCH3 is 1. The molecule has 100 valence electrons. The van der Waals surface area contributed by atoms with E-state index >= 15 is 0 Å². The van der Waals surface area contributed by atoms with Gasteiger partial charge in [0.15, 0.2) is 6.04 Å². The van der Waals surface area contributed by atoms with Crippen LogP contribution in [0, 0.1) is 0 Å². The molecule has 7 heteroatoms. The van der Waals surface area contributed by atoms with E-state index in [-0.39, 0.29) is 0 Å². The first-order valence-corrected chi connectivity index (χ1v) is 5.36. The number of carboxylic acids is 1. The van der Waals surface area contributed by atoms with E-state index in [0.29, 0.717) is 19.4 Å². The van der Waals surface area contributed by atoms with Gasteiger partial charge in [0, 0.05) is 13.7 Å². The summed E-state index contributed by atoms with van der Waals surface area (Å²) in [5.41, 5.74) is 5.56. The average Bonchev–Trinajstić information content (AvgIpc) is 2.24. The number of carbonyl (C=O) groups excluding carboxylic acids is 1. The first-order chi connectivity index (χ1) is 7.90. The molecule has 0 aromatic rings. The fraction of sp³-hybridized carbons (Fsp3) is 0.800. The molecule has 3 atom stereocenters.